The Morgan fingerprint density at radius 2 is 1.86 bits per heavy atom. The van der Waals surface area contributed by atoms with Crippen LogP contribution in [0, 0.1) is 11.8 Å². The van der Waals surface area contributed by atoms with E-state index in [1.807, 2.05) is 7.11 Å². The van der Waals surface area contributed by atoms with E-state index < -0.39 is 0 Å². The van der Waals surface area contributed by atoms with Crippen molar-refractivity contribution in [3.63, 3.8) is 0 Å². The third-order valence-corrected chi connectivity index (χ3v) is 7.25. The van der Waals surface area contributed by atoms with Gasteiger partial charge in [-0.05, 0) is 62.6 Å². The molecule has 3 saturated carbocycles. The molecule has 112 valence electrons. The molecule has 3 aliphatic carbocycles. The van der Waals surface area contributed by atoms with Crippen LogP contribution in [-0.2, 0) is 4.74 Å². The summed E-state index contributed by atoms with van der Waals surface area (Å²) in [6.45, 7) is 2.61. The molecule has 1 unspecified atom stereocenters. The predicted molar refractivity (Wildman–Crippen MR) is 83.3 cm³/mol. The molecule has 4 fully saturated rings. The summed E-state index contributed by atoms with van der Waals surface area (Å²) in [5.41, 5.74) is 2.13. The average Bonchev–Trinajstić information content (AvgIpc) is 2.99. The molecule has 1 aromatic carbocycles. The van der Waals surface area contributed by atoms with Crippen molar-refractivity contribution in [1.82, 2.24) is 4.90 Å². The largest absolute Gasteiger partial charge is 0.376 e. The van der Waals surface area contributed by atoms with E-state index in [9.17, 15) is 0 Å². The highest BCUT2D eigenvalue weighted by Gasteiger charge is 2.88. The fourth-order valence-electron chi connectivity index (χ4n) is 6.72. The Bertz CT molecular complexity index is 552. The summed E-state index contributed by atoms with van der Waals surface area (Å²) in [5.74, 6) is 2.35. The molecule has 0 spiro atoms. The number of benzene rings is 1. The second-order valence-corrected chi connectivity index (χ2v) is 7.57. The van der Waals surface area contributed by atoms with Crippen LogP contribution in [-0.4, -0.2) is 36.2 Å². The van der Waals surface area contributed by atoms with Gasteiger partial charge in [0.2, 0.25) is 0 Å². The summed E-state index contributed by atoms with van der Waals surface area (Å²) in [6.07, 6.45) is 6.82. The van der Waals surface area contributed by atoms with Gasteiger partial charge in [-0.1, -0.05) is 30.3 Å². The SMILES string of the molecule is CO[C@@]12C[C@@H](c3ccccc3)C3CC[C@@H]1[C@]32N1CCCC1. The smallest absolute Gasteiger partial charge is 0.0920 e. The minimum atomic E-state index is 0.181. The van der Waals surface area contributed by atoms with Gasteiger partial charge in [0.05, 0.1) is 11.1 Å². The van der Waals surface area contributed by atoms with Crippen molar-refractivity contribution < 1.29 is 4.74 Å². The first-order chi connectivity index (χ1) is 10.3. The third-order valence-electron chi connectivity index (χ3n) is 7.25. The second-order valence-electron chi connectivity index (χ2n) is 7.57. The molecule has 1 heterocycles. The monoisotopic (exact) mass is 283 g/mol. The molecule has 0 amide bonds. The van der Waals surface area contributed by atoms with Crippen LogP contribution in [0.15, 0.2) is 30.3 Å². The normalized spacial score (nSPS) is 47.8. The summed E-state index contributed by atoms with van der Waals surface area (Å²) < 4.78 is 6.23. The summed E-state index contributed by atoms with van der Waals surface area (Å²) in [6, 6.07) is 11.2. The van der Waals surface area contributed by atoms with E-state index >= 15 is 0 Å². The first kappa shape index (κ1) is 12.7. The third kappa shape index (κ3) is 1.29. The number of fused-ring (bicyclic) bond motifs is 1. The Morgan fingerprint density at radius 1 is 1.10 bits per heavy atom. The highest BCUT2D eigenvalue weighted by Crippen LogP contribution is 2.80. The number of nitrogens with zero attached hydrogens (tertiary/aromatic N) is 1. The molecule has 4 aliphatic rings. The number of ether oxygens (including phenoxy) is 1. The van der Waals surface area contributed by atoms with Crippen LogP contribution in [0.2, 0.25) is 0 Å². The Balaban J connectivity index is 1.57. The van der Waals surface area contributed by atoms with Crippen LogP contribution in [0.1, 0.15) is 43.6 Å². The Kier molecular flexibility index (Phi) is 2.48. The highest BCUT2D eigenvalue weighted by atomic mass is 16.5. The zero-order chi connectivity index (χ0) is 14.1. The van der Waals surface area contributed by atoms with Gasteiger partial charge in [0.15, 0.2) is 0 Å². The highest BCUT2D eigenvalue weighted by molar-refractivity contribution is 5.45. The number of rotatable bonds is 3. The number of hydrogen-bond donors (Lipinski definition) is 0. The fourth-order valence-corrected chi connectivity index (χ4v) is 6.72. The maximum atomic E-state index is 6.23. The molecule has 0 aromatic heterocycles. The van der Waals surface area contributed by atoms with Gasteiger partial charge in [0.1, 0.15) is 0 Å². The molecule has 0 bridgehead atoms. The molecule has 5 atom stereocenters. The fraction of sp³-hybridized carbons (Fsp3) is 0.684. The van der Waals surface area contributed by atoms with Gasteiger partial charge in [-0.3, -0.25) is 4.90 Å². The average molecular weight is 283 g/mol. The van der Waals surface area contributed by atoms with Crippen molar-refractivity contribution in [2.45, 2.75) is 49.2 Å². The molecule has 5 rings (SSSR count). The lowest BCUT2D eigenvalue weighted by Crippen LogP contribution is -2.44. The van der Waals surface area contributed by atoms with Crippen molar-refractivity contribution in [1.29, 1.82) is 0 Å². The van der Waals surface area contributed by atoms with Crippen molar-refractivity contribution >= 4 is 0 Å². The van der Waals surface area contributed by atoms with E-state index in [4.69, 9.17) is 4.74 Å². The van der Waals surface area contributed by atoms with Crippen LogP contribution in [0.5, 0.6) is 0 Å². The Morgan fingerprint density at radius 3 is 2.57 bits per heavy atom. The number of hydrogen-bond acceptors (Lipinski definition) is 2. The topological polar surface area (TPSA) is 12.5 Å². The van der Waals surface area contributed by atoms with Gasteiger partial charge in [0.25, 0.3) is 0 Å². The molecule has 1 saturated heterocycles. The molecule has 0 radical (unpaired) electrons. The first-order valence-corrected chi connectivity index (χ1v) is 8.70. The first-order valence-electron chi connectivity index (χ1n) is 8.70. The lowest BCUT2D eigenvalue weighted by molar-refractivity contribution is 0.0190. The van der Waals surface area contributed by atoms with Crippen molar-refractivity contribution in [2.24, 2.45) is 11.8 Å². The van der Waals surface area contributed by atoms with E-state index in [2.05, 4.69) is 35.2 Å². The molecule has 0 N–H and O–H groups in total. The molecular weight excluding hydrogens is 258 g/mol. The maximum absolute atomic E-state index is 6.23. The zero-order valence-corrected chi connectivity index (χ0v) is 12.9. The van der Waals surface area contributed by atoms with E-state index in [0.717, 1.165) is 11.8 Å². The van der Waals surface area contributed by atoms with E-state index in [1.165, 1.54) is 45.2 Å². The second kappa shape index (κ2) is 4.11. The number of likely N-dealkylation sites (tertiary alicyclic amines) is 1. The van der Waals surface area contributed by atoms with E-state index in [-0.39, 0.29) is 5.60 Å². The predicted octanol–water partition coefficient (Wildman–Crippen LogP) is 3.43. The summed E-state index contributed by atoms with van der Waals surface area (Å²) in [4.78, 5) is 2.84. The standard InChI is InChI=1S/C19H25NO/c1-21-18-13-15(14-7-3-2-4-8-14)16-9-10-17(18)19(16,18)20-11-5-6-12-20/h2-4,7-8,15-17H,5-6,9-13H2,1H3/t15-,16?,17-,18-,19+/m0/s1. The van der Waals surface area contributed by atoms with Crippen LogP contribution in [0.3, 0.4) is 0 Å². The van der Waals surface area contributed by atoms with Gasteiger partial charge >= 0.3 is 0 Å². The minimum absolute atomic E-state index is 0.181. The summed E-state index contributed by atoms with van der Waals surface area (Å²) in [5, 5.41) is 0. The lowest BCUT2D eigenvalue weighted by atomic mass is 9.83. The summed E-state index contributed by atoms with van der Waals surface area (Å²) >= 11 is 0. The van der Waals surface area contributed by atoms with Crippen LogP contribution >= 0.6 is 0 Å². The van der Waals surface area contributed by atoms with Gasteiger partial charge < -0.3 is 4.74 Å². The van der Waals surface area contributed by atoms with Gasteiger partial charge in [0, 0.05) is 13.0 Å². The van der Waals surface area contributed by atoms with E-state index in [1.54, 1.807) is 5.56 Å². The van der Waals surface area contributed by atoms with Crippen molar-refractivity contribution in [3.05, 3.63) is 35.9 Å². The van der Waals surface area contributed by atoms with Crippen LogP contribution in [0.25, 0.3) is 0 Å². The lowest BCUT2D eigenvalue weighted by Gasteiger charge is -2.33. The quantitative estimate of drug-likeness (QED) is 0.842. The molecular formula is C19H25NO. The maximum Gasteiger partial charge on any atom is 0.0920 e. The van der Waals surface area contributed by atoms with Crippen molar-refractivity contribution in [3.8, 4) is 0 Å². The van der Waals surface area contributed by atoms with Crippen LogP contribution in [0.4, 0.5) is 0 Å². The minimum Gasteiger partial charge on any atom is -0.376 e. The zero-order valence-electron chi connectivity index (χ0n) is 12.9. The van der Waals surface area contributed by atoms with E-state index in [0.29, 0.717) is 11.5 Å². The molecule has 2 heteroatoms. The van der Waals surface area contributed by atoms with Gasteiger partial charge in [-0.15, -0.1) is 0 Å². The Hall–Kier alpha value is -0.860. The molecule has 21 heavy (non-hydrogen) atoms. The van der Waals surface area contributed by atoms with Gasteiger partial charge in [-0.2, -0.15) is 0 Å². The number of methoxy groups -OCH3 is 1. The molecule has 1 aliphatic heterocycles. The molecule has 2 nitrogen and oxygen atoms in total. The molecule has 1 aromatic rings. The summed E-state index contributed by atoms with van der Waals surface area (Å²) in [7, 11) is 1.97. The van der Waals surface area contributed by atoms with Crippen molar-refractivity contribution in [2.75, 3.05) is 20.2 Å². The van der Waals surface area contributed by atoms with Crippen LogP contribution < -0.4 is 0 Å². The Labute approximate surface area is 127 Å². The van der Waals surface area contributed by atoms with Gasteiger partial charge in [-0.25, -0.2) is 0 Å².